The fourth-order valence-electron chi connectivity index (χ4n) is 2.01. The summed E-state index contributed by atoms with van der Waals surface area (Å²) in [5, 5.41) is 2.84. The maximum Gasteiger partial charge on any atom is 0.408 e. The molecule has 0 aliphatic rings. The lowest BCUT2D eigenvalue weighted by atomic mass is 9.88. The van der Waals surface area contributed by atoms with Crippen molar-refractivity contribution in [3.05, 3.63) is 35.9 Å². The lowest BCUT2D eigenvalue weighted by Crippen LogP contribution is -2.48. The van der Waals surface area contributed by atoms with Gasteiger partial charge in [-0.15, -0.1) is 0 Å². The van der Waals surface area contributed by atoms with Crippen LogP contribution in [0.3, 0.4) is 0 Å². The highest BCUT2D eigenvalue weighted by Crippen LogP contribution is 2.26. The molecule has 0 bridgehead atoms. The van der Waals surface area contributed by atoms with Gasteiger partial charge in [0.05, 0.1) is 12.0 Å². The summed E-state index contributed by atoms with van der Waals surface area (Å²) in [7, 11) is 3.39. The molecule has 1 rings (SSSR count). The third-order valence-electron chi connectivity index (χ3n) is 3.19. The Morgan fingerprint density at radius 1 is 1.09 bits per heavy atom. The van der Waals surface area contributed by atoms with E-state index < -0.39 is 17.2 Å². The number of carbonyl (C=O) groups excluding carboxylic acids is 2. The summed E-state index contributed by atoms with van der Waals surface area (Å²) >= 11 is 0. The molecule has 0 fully saturated rings. The lowest BCUT2D eigenvalue weighted by molar-refractivity contribution is -0.130. The van der Waals surface area contributed by atoms with Crippen LogP contribution in [-0.2, 0) is 15.1 Å². The predicted molar refractivity (Wildman–Crippen MR) is 86.5 cm³/mol. The SMILES string of the molecule is CN(C)C(=O)CC(C)(NC(=O)OC(C)(C)C)c1ccccc1. The third kappa shape index (κ3) is 5.39. The van der Waals surface area contributed by atoms with Crippen molar-refractivity contribution in [2.75, 3.05) is 14.1 Å². The van der Waals surface area contributed by atoms with Gasteiger partial charge in [0, 0.05) is 14.1 Å². The van der Waals surface area contributed by atoms with Crippen molar-refractivity contribution in [3.8, 4) is 0 Å². The summed E-state index contributed by atoms with van der Waals surface area (Å²) in [6.45, 7) is 7.24. The van der Waals surface area contributed by atoms with Crippen LogP contribution in [0.5, 0.6) is 0 Å². The molecule has 1 atom stereocenters. The van der Waals surface area contributed by atoms with Crippen LogP contribution in [0, 0.1) is 0 Å². The number of amides is 2. The standard InChI is InChI=1S/C17H26N2O3/c1-16(2,3)22-15(21)18-17(4,12-14(20)19(5)6)13-10-8-7-9-11-13/h7-11H,12H2,1-6H3,(H,18,21). The van der Waals surface area contributed by atoms with Crippen molar-refractivity contribution < 1.29 is 14.3 Å². The number of ether oxygens (including phenoxy) is 1. The van der Waals surface area contributed by atoms with E-state index in [9.17, 15) is 9.59 Å². The number of nitrogens with one attached hydrogen (secondary N) is 1. The molecule has 122 valence electrons. The second kappa shape index (κ2) is 6.81. The summed E-state index contributed by atoms with van der Waals surface area (Å²) in [6, 6.07) is 9.43. The van der Waals surface area contributed by atoms with Crippen LogP contribution in [0.15, 0.2) is 30.3 Å². The number of nitrogens with zero attached hydrogens (tertiary/aromatic N) is 1. The number of hydrogen-bond acceptors (Lipinski definition) is 3. The molecule has 22 heavy (non-hydrogen) atoms. The Kier molecular flexibility index (Phi) is 5.58. The lowest BCUT2D eigenvalue weighted by Gasteiger charge is -2.33. The maximum absolute atomic E-state index is 12.1. The molecule has 0 radical (unpaired) electrons. The summed E-state index contributed by atoms with van der Waals surface area (Å²) in [4.78, 5) is 25.8. The molecular weight excluding hydrogens is 280 g/mol. The van der Waals surface area contributed by atoms with Crippen molar-refractivity contribution in [3.63, 3.8) is 0 Å². The van der Waals surface area contributed by atoms with Crippen LogP contribution in [0.2, 0.25) is 0 Å². The molecule has 1 unspecified atom stereocenters. The largest absolute Gasteiger partial charge is 0.444 e. The van der Waals surface area contributed by atoms with Crippen LogP contribution in [0.1, 0.15) is 39.7 Å². The van der Waals surface area contributed by atoms with Crippen LogP contribution in [0.4, 0.5) is 4.79 Å². The Labute approximate surface area is 132 Å². The van der Waals surface area contributed by atoms with Gasteiger partial charge in [0.15, 0.2) is 0 Å². The van der Waals surface area contributed by atoms with Gasteiger partial charge in [-0.3, -0.25) is 4.79 Å². The summed E-state index contributed by atoms with van der Waals surface area (Å²) in [6.07, 6.45) is -0.381. The topological polar surface area (TPSA) is 58.6 Å². The highest BCUT2D eigenvalue weighted by molar-refractivity contribution is 5.78. The van der Waals surface area contributed by atoms with E-state index in [1.54, 1.807) is 34.9 Å². The fourth-order valence-corrected chi connectivity index (χ4v) is 2.01. The molecule has 0 aromatic heterocycles. The van der Waals surface area contributed by atoms with Gasteiger partial charge >= 0.3 is 6.09 Å². The molecule has 0 aliphatic heterocycles. The average molecular weight is 306 g/mol. The van der Waals surface area contributed by atoms with E-state index in [2.05, 4.69) is 5.32 Å². The molecule has 0 saturated carbocycles. The van der Waals surface area contributed by atoms with Crippen molar-refractivity contribution in [1.82, 2.24) is 10.2 Å². The van der Waals surface area contributed by atoms with Crippen LogP contribution in [0.25, 0.3) is 0 Å². The zero-order valence-corrected chi connectivity index (χ0v) is 14.3. The summed E-state index contributed by atoms with van der Waals surface area (Å²) < 4.78 is 5.32. The molecule has 0 heterocycles. The smallest absolute Gasteiger partial charge is 0.408 e. The number of benzene rings is 1. The van der Waals surface area contributed by atoms with Crippen molar-refractivity contribution in [2.45, 2.75) is 45.3 Å². The summed E-state index contributed by atoms with van der Waals surface area (Å²) in [5.41, 5.74) is -0.561. The van der Waals surface area contributed by atoms with Crippen LogP contribution >= 0.6 is 0 Å². The molecule has 5 nitrogen and oxygen atoms in total. The first-order valence-electron chi connectivity index (χ1n) is 7.30. The molecule has 1 aromatic carbocycles. The zero-order valence-electron chi connectivity index (χ0n) is 14.3. The molecule has 0 aliphatic carbocycles. The maximum atomic E-state index is 12.1. The molecule has 5 heteroatoms. The van der Waals surface area contributed by atoms with Gasteiger partial charge in [0.25, 0.3) is 0 Å². The molecule has 2 amide bonds. The first-order valence-corrected chi connectivity index (χ1v) is 7.30. The quantitative estimate of drug-likeness (QED) is 0.930. The third-order valence-corrected chi connectivity index (χ3v) is 3.19. The predicted octanol–water partition coefficient (Wildman–Crippen LogP) is 2.90. The van der Waals surface area contributed by atoms with Gasteiger partial charge < -0.3 is 15.0 Å². The molecule has 0 saturated heterocycles. The van der Waals surface area contributed by atoms with E-state index in [1.807, 2.05) is 37.3 Å². The van der Waals surface area contributed by atoms with Gasteiger partial charge in [-0.1, -0.05) is 30.3 Å². The van der Waals surface area contributed by atoms with Gasteiger partial charge in [0.1, 0.15) is 5.60 Å². The minimum atomic E-state index is -0.828. The van der Waals surface area contributed by atoms with Gasteiger partial charge in [-0.25, -0.2) is 4.79 Å². The van der Waals surface area contributed by atoms with E-state index in [1.165, 1.54) is 4.90 Å². The average Bonchev–Trinajstić information content (AvgIpc) is 2.36. The second-order valence-electron chi connectivity index (χ2n) is 6.79. The molecular formula is C17H26N2O3. The van der Waals surface area contributed by atoms with E-state index in [-0.39, 0.29) is 12.3 Å². The Bertz CT molecular complexity index is 520. The molecule has 1 N–H and O–H groups in total. The fraction of sp³-hybridized carbons (Fsp3) is 0.529. The number of rotatable bonds is 4. The minimum Gasteiger partial charge on any atom is -0.444 e. The van der Waals surface area contributed by atoms with E-state index in [0.29, 0.717) is 0 Å². The minimum absolute atomic E-state index is 0.0672. The van der Waals surface area contributed by atoms with Gasteiger partial charge in [0.2, 0.25) is 5.91 Å². The van der Waals surface area contributed by atoms with E-state index >= 15 is 0 Å². The van der Waals surface area contributed by atoms with Crippen molar-refractivity contribution >= 4 is 12.0 Å². The van der Waals surface area contributed by atoms with E-state index in [0.717, 1.165) is 5.56 Å². The number of alkyl carbamates (subject to hydrolysis) is 1. The van der Waals surface area contributed by atoms with Gasteiger partial charge in [-0.05, 0) is 33.3 Å². The molecule has 1 aromatic rings. The second-order valence-corrected chi connectivity index (χ2v) is 6.79. The normalized spacial score (nSPS) is 13.9. The first kappa shape index (κ1) is 18.0. The zero-order chi connectivity index (χ0) is 17.0. The Balaban J connectivity index is 3.02. The van der Waals surface area contributed by atoms with Crippen LogP contribution < -0.4 is 5.32 Å². The Morgan fingerprint density at radius 3 is 2.09 bits per heavy atom. The Morgan fingerprint density at radius 2 is 1.64 bits per heavy atom. The summed E-state index contributed by atoms with van der Waals surface area (Å²) in [5.74, 6) is -0.0672. The highest BCUT2D eigenvalue weighted by Gasteiger charge is 2.33. The monoisotopic (exact) mass is 306 g/mol. The van der Waals surface area contributed by atoms with Gasteiger partial charge in [-0.2, -0.15) is 0 Å². The Hall–Kier alpha value is -2.04. The number of carbonyl (C=O) groups is 2. The highest BCUT2D eigenvalue weighted by atomic mass is 16.6. The van der Waals surface area contributed by atoms with Crippen molar-refractivity contribution in [1.29, 1.82) is 0 Å². The van der Waals surface area contributed by atoms with Crippen LogP contribution in [-0.4, -0.2) is 36.6 Å². The molecule has 0 spiro atoms. The first-order chi connectivity index (χ1) is 10.0. The number of hydrogen-bond donors (Lipinski definition) is 1. The van der Waals surface area contributed by atoms with Crippen molar-refractivity contribution in [2.24, 2.45) is 0 Å². The van der Waals surface area contributed by atoms with E-state index in [4.69, 9.17) is 4.74 Å².